The van der Waals surface area contributed by atoms with Gasteiger partial charge in [-0.3, -0.25) is 4.90 Å². The molecule has 0 spiro atoms. The van der Waals surface area contributed by atoms with E-state index in [1.807, 2.05) is 24.4 Å². The number of aromatic nitrogens is 2. The first kappa shape index (κ1) is 13.7. The van der Waals surface area contributed by atoms with E-state index in [1.165, 1.54) is 0 Å². The summed E-state index contributed by atoms with van der Waals surface area (Å²) in [6.45, 7) is 4.54. The van der Waals surface area contributed by atoms with Gasteiger partial charge < -0.3 is 9.63 Å². The molecule has 1 saturated heterocycles. The second kappa shape index (κ2) is 6.03. The Morgan fingerprint density at radius 1 is 1.50 bits per heavy atom. The van der Waals surface area contributed by atoms with Gasteiger partial charge in [0.05, 0.1) is 17.5 Å². The van der Waals surface area contributed by atoms with Gasteiger partial charge in [-0.05, 0) is 50.2 Å². The van der Waals surface area contributed by atoms with E-state index in [0.717, 1.165) is 30.8 Å². The van der Waals surface area contributed by atoms with Crippen LogP contribution in [0, 0.1) is 5.92 Å². The Bertz CT molecular complexity index is 530. The number of aliphatic hydroxyl groups is 1. The van der Waals surface area contributed by atoms with E-state index in [1.54, 1.807) is 11.3 Å². The van der Waals surface area contributed by atoms with E-state index in [2.05, 4.69) is 15.0 Å². The van der Waals surface area contributed by atoms with Crippen molar-refractivity contribution < 1.29 is 9.63 Å². The smallest absolute Gasteiger partial charge is 0.241 e. The van der Waals surface area contributed by atoms with Crippen LogP contribution in [0.5, 0.6) is 0 Å². The van der Waals surface area contributed by atoms with Gasteiger partial charge in [0.15, 0.2) is 0 Å². The molecule has 0 bridgehead atoms. The van der Waals surface area contributed by atoms with Crippen molar-refractivity contribution in [1.29, 1.82) is 0 Å². The Morgan fingerprint density at radius 3 is 2.95 bits per heavy atom. The van der Waals surface area contributed by atoms with Crippen LogP contribution in [0.4, 0.5) is 0 Å². The summed E-state index contributed by atoms with van der Waals surface area (Å²) in [4.78, 5) is 7.79. The van der Waals surface area contributed by atoms with Crippen LogP contribution >= 0.6 is 11.3 Å². The summed E-state index contributed by atoms with van der Waals surface area (Å²) in [5.41, 5.74) is 0. The van der Waals surface area contributed by atoms with Gasteiger partial charge in [0.25, 0.3) is 0 Å². The first-order chi connectivity index (χ1) is 9.72. The van der Waals surface area contributed by atoms with Gasteiger partial charge in [-0.1, -0.05) is 11.2 Å². The summed E-state index contributed by atoms with van der Waals surface area (Å²) < 4.78 is 5.32. The molecule has 1 fully saturated rings. The highest BCUT2D eigenvalue weighted by atomic mass is 32.1. The molecule has 0 aliphatic carbocycles. The van der Waals surface area contributed by atoms with Crippen LogP contribution in [-0.4, -0.2) is 39.3 Å². The van der Waals surface area contributed by atoms with E-state index in [-0.39, 0.29) is 6.10 Å². The minimum atomic E-state index is -0.203. The standard InChI is InChI=1S/C14H19N3O2S/c1-10(18)11-4-6-17(7-5-11)9-13-15-14(16-19-13)12-3-2-8-20-12/h2-3,8,10-11,18H,4-7,9H2,1H3. The maximum atomic E-state index is 9.60. The summed E-state index contributed by atoms with van der Waals surface area (Å²) in [6.07, 6.45) is 1.86. The molecule has 3 rings (SSSR count). The van der Waals surface area contributed by atoms with Crippen molar-refractivity contribution in [2.24, 2.45) is 5.92 Å². The summed E-state index contributed by atoms with van der Waals surface area (Å²) in [7, 11) is 0. The lowest BCUT2D eigenvalue weighted by Gasteiger charge is -2.32. The van der Waals surface area contributed by atoms with E-state index >= 15 is 0 Å². The van der Waals surface area contributed by atoms with E-state index < -0.39 is 0 Å². The van der Waals surface area contributed by atoms with Crippen molar-refractivity contribution in [1.82, 2.24) is 15.0 Å². The lowest BCUT2D eigenvalue weighted by Crippen LogP contribution is -2.36. The molecule has 2 aromatic heterocycles. The second-order valence-corrected chi connectivity index (χ2v) is 6.29. The fourth-order valence-electron chi connectivity index (χ4n) is 2.61. The summed E-state index contributed by atoms with van der Waals surface area (Å²) >= 11 is 1.61. The zero-order valence-electron chi connectivity index (χ0n) is 11.5. The molecular weight excluding hydrogens is 274 g/mol. The fourth-order valence-corrected chi connectivity index (χ4v) is 3.26. The molecule has 108 valence electrons. The van der Waals surface area contributed by atoms with Gasteiger partial charge in [-0.25, -0.2) is 0 Å². The van der Waals surface area contributed by atoms with Crippen LogP contribution in [0.25, 0.3) is 10.7 Å². The predicted octanol–water partition coefficient (Wildman–Crippen LogP) is 2.39. The molecule has 6 heteroatoms. The highest BCUT2D eigenvalue weighted by molar-refractivity contribution is 7.13. The number of thiophene rings is 1. The zero-order chi connectivity index (χ0) is 13.9. The largest absolute Gasteiger partial charge is 0.393 e. The monoisotopic (exact) mass is 293 g/mol. The van der Waals surface area contributed by atoms with Crippen LogP contribution < -0.4 is 0 Å². The van der Waals surface area contributed by atoms with Crippen LogP contribution in [0.1, 0.15) is 25.7 Å². The Labute approximate surface area is 122 Å². The van der Waals surface area contributed by atoms with Gasteiger partial charge in [0.2, 0.25) is 11.7 Å². The maximum absolute atomic E-state index is 9.60. The Hall–Kier alpha value is -1.24. The molecular formula is C14H19N3O2S. The Balaban J connectivity index is 1.57. The quantitative estimate of drug-likeness (QED) is 0.938. The molecule has 0 amide bonds. The number of hydrogen-bond acceptors (Lipinski definition) is 6. The first-order valence-corrected chi connectivity index (χ1v) is 7.87. The van der Waals surface area contributed by atoms with Gasteiger partial charge in [0.1, 0.15) is 0 Å². The van der Waals surface area contributed by atoms with Crippen LogP contribution in [0.3, 0.4) is 0 Å². The molecule has 1 N–H and O–H groups in total. The number of rotatable bonds is 4. The van der Waals surface area contributed by atoms with Crippen molar-refractivity contribution in [3.63, 3.8) is 0 Å². The second-order valence-electron chi connectivity index (χ2n) is 5.34. The molecule has 3 heterocycles. The first-order valence-electron chi connectivity index (χ1n) is 6.99. The van der Waals surface area contributed by atoms with Crippen LogP contribution in [0.2, 0.25) is 0 Å². The predicted molar refractivity (Wildman–Crippen MR) is 77.3 cm³/mol. The number of hydrogen-bond donors (Lipinski definition) is 1. The third-order valence-electron chi connectivity index (χ3n) is 3.88. The zero-order valence-corrected chi connectivity index (χ0v) is 12.3. The van der Waals surface area contributed by atoms with Crippen molar-refractivity contribution in [3.05, 3.63) is 23.4 Å². The van der Waals surface area contributed by atoms with E-state index in [4.69, 9.17) is 4.52 Å². The van der Waals surface area contributed by atoms with Crippen molar-refractivity contribution in [3.8, 4) is 10.7 Å². The van der Waals surface area contributed by atoms with Gasteiger partial charge in [0, 0.05) is 0 Å². The van der Waals surface area contributed by atoms with Crippen LogP contribution in [0.15, 0.2) is 22.0 Å². The molecule has 5 nitrogen and oxygen atoms in total. The van der Waals surface area contributed by atoms with E-state index in [9.17, 15) is 5.11 Å². The van der Waals surface area contributed by atoms with Gasteiger partial charge >= 0.3 is 0 Å². The molecule has 2 aromatic rings. The average Bonchev–Trinajstić information content (AvgIpc) is 3.09. The number of aliphatic hydroxyl groups excluding tert-OH is 1. The molecule has 20 heavy (non-hydrogen) atoms. The van der Waals surface area contributed by atoms with E-state index in [0.29, 0.717) is 24.2 Å². The number of piperidine rings is 1. The summed E-state index contributed by atoms with van der Waals surface area (Å²) in [5.74, 6) is 1.77. The Morgan fingerprint density at radius 2 is 2.30 bits per heavy atom. The molecule has 1 atom stereocenters. The fraction of sp³-hybridized carbons (Fsp3) is 0.571. The van der Waals surface area contributed by atoms with Crippen LogP contribution in [-0.2, 0) is 6.54 Å². The van der Waals surface area contributed by atoms with Crippen molar-refractivity contribution in [2.45, 2.75) is 32.4 Å². The normalized spacial score (nSPS) is 19.3. The molecule has 1 aliphatic rings. The molecule has 0 saturated carbocycles. The molecule has 1 aliphatic heterocycles. The Kier molecular flexibility index (Phi) is 4.14. The van der Waals surface area contributed by atoms with Crippen molar-refractivity contribution in [2.75, 3.05) is 13.1 Å². The maximum Gasteiger partial charge on any atom is 0.241 e. The number of nitrogens with zero attached hydrogens (tertiary/aromatic N) is 3. The summed E-state index contributed by atoms with van der Waals surface area (Å²) in [6, 6.07) is 3.98. The third-order valence-corrected chi connectivity index (χ3v) is 4.75. The average molecular weight is 293 g/mol. The summed E-state index contributed by atoms with van der Waals surface area (Å²) in [5, 5.41) is 15.6. The highest BCUT2D eigenvalue weighted by Crippen LogP contribution is 2.24. The molecule has 0 aromatic carbocycles. The van der Waals surface area contributed by atoms with Crippen molar-refractivity contribution >= 4 is 11.3 Å². The number of likely N-dealkylation sites (tertiary alicyclic amines) is 1. The molecule has 0 radical (unpaired) electrons. The van der Waals surface area contributed by atoms with Gasteiger partial charge in [-0.15, -0.1) is 11.3 Å². The van der Waals surface area contributed by atoms with Gasteiger partial charge in [-0.2, -0.15) is 4.98 Å². The minimum Gasteiger partial charge on any atom is -0.393 e. The highest BCUT2D eigenvalue weighted by Gasteiger charge is 2.23. The lowest BCUT2D eigenvalue weighted by molar-refractivity contribution is 0.0660. The molecule has 1 unspecified atom stereocenters. The SMILES string of the molecule is CC(O)C1CCN(Cc2nc(-c3cccs3)no2)CC1. The lowest BCUT2D eigenvalue weighted by atomic mass is 9.92. The minimum absolute atomic E-state index is 0.203. The topological polar surface area (TPSA) is 62.4 Å². The third kappa shape index (κ3) is 3.08.